The number of nitrogens with one attached hydrogen (secondary N) is 1. The first kappa shape index (κ1) is 26.8. The first-order valence-electron chi connectivity index (χ1n) is 11.3. The molecule has 0 aliphatic rings. The maximum atomic E-state index is 12.0. The smallest absolute Gasteiger partial charge is 0.303 e. The first-order valence-corrected chi connectivity index (χ1v) is 11.3. The second kappa shape index (κ2) is 16.4. The molecule has 0 saturated carbocycles. The van der Waals surface area contributed by atoms with Gasteiger partial charge in [-0.05, 0) is 43.4 Å². The molecule has 1 atom stereocenters. The van der Waals surface area contributed by atoms with Gasteiger partial charge in [-0.15, -0.1) is 0 Å². The Morgan fingerprint density at radius 2 is 1.77 bits per heavy atom. The summed E-state index contributed by atoms with van der Waals surface area (Å²) in [6.45, 7) is 3.62. The summed E-state index contributed by atoms with van der Waals surface area (Å²) in [4.78, 5) is 22.5. The van der Waals surface area contributed by atoms with E-state index in [1.807, 2.05) is 13.0 Å². The van der Waals surface area contributed by atoms with Crippen LogP contribution < -0.4 is 14.8 Å². The van der Waals surface area contributed by atoms with E-state index in [4.69, 9.17) is 19.3 Å². The molecular formula is C24H39NO6. The SMILES string of the molecule is COCCCOc1cc(CCCCCC[C@@H](C)C(=O)NCCCC(=O)O)ccc1OC. The highest BCUT2D eigenvalue weighted by molar-refractivity contribution is 5.78. The summed E-state index contributed by atoms with van der Waals surface area (Å²) in [6.07, 6.45) is 7.54. The van der Waals surface area contributed by atoms with Gasteiger partial charge in [-0.1, -0.05) is 32.3 Å². The average Bonchev–Trinajstić information content (AvgIpc) is 2.76. The highest BCUT2D eigenvalue weighted by Crippen LogP contribution is 2.29. The Bertz CT molecular complexity index is 649. The van der Waals surface area contributed by atoms with Gasteiger partial charge in [-0.25, -0.2) is 0 Å². The van der Waals surface area contributed by atoms with Crippen LogP contribution in [0.1, 0.15) is 63.9 Å². The minimum atomic E-state index is -0.831. The van der Waals surface area contributed by atoms with Crippen LogP contribution in [-0.4, -0.2) is 51.0 Å². The number of amides is 1. The van der Waals surface area contributed by atoms with Crippen molar-refractivity contribution in [2.24, 2.45) is 5.92 Å². The molecule has 7 heteroatoms. The van der Waals surface area contributed by atoms with Gasteiger partial charge >= 0.3 is 5.97 Å². The number of methoxy groups -OCH3 is 2. The highest BCUT2D eigenvalue weighted by atomic mass is 16.5. The van der Waals surface area contributed by atoms with Gasteiger partial charge in [0.25, 0.3) is 0 Å². The molecular weight excluding hydrogens is 398 g/mol. The number of carbonyl (C=O) groups excluding carboxylic acids is 1. The standard InChI is InChI=1S/C24H39NO6/c1-19(24(28)25-15-8-12-23(26)27)10-6-4-5-7-11-20-13-14-21(30-3)22(18-20)31-17-9-16-29-2/h13-14,18-19H,4-12,15-17H2,1-3H3,(H,25,28)(H,26,27)/t19-/m1/s1. The molecule has 0 fully saturated rings. The Morgan fingerprint density at radius 3 is 2.48 bits per heavy atom. The van der Waals surface area contributed by atoms with Crippen LogP contribution >= 0.6 is 0 Å². The van der Waals surface area contributed by atoms with E-state index in [0.29, 0.717) is 26.2 Å². The van der Waals surface area contributed by atoms with Crippen LogP contribution in [0.2, 0.25) is 0 Å². The van der Waals surface area contributed by atoms with E-state index in [2.05, 4.69) is 17.4 Å². The van der Waals surface area contributed by atoms with Crippen LogP contribution in [0.15, 0.2) is 18.2 Å². The number of carboxylic acids is 1. The van der Waals surface area contributed by atoms with Gasteiger partial charge in [-0.2, -0.15) is 0 Å². The number of aliphatic carboxylic acids is 1. The van der Waals surface area contributed by atoms with Crippen molar-refractivity contribution in [2.75, 3.05) is 34.0 Å². The average molecular weight is 438 g/mol. The van der Waals surface area contributed by atoms with E-state index in [1.54, 1.807) is 14.2 Å². The van der Waals surface area contributed by atoms with Crippen molar-refractivity contribution in [3.63, 3.8) is 0 Å². The molecule has 0 aromatic heterocycles. The van der Waals surface area contributed by atoms with E-state index in [-0.39, 0.29) is 18.2 Å². The summed E-state index contributed by atoms with van der Waals surface area (Å²) in [5, 5.41) is 11.4. The lowest BCUT2D eigenvalue weighted by molar-refractivity contribution is -0.137. The van der Waals surface area contributed by atoms with Crippen molar-refractivity contribution in [1.29, 1.82) is 0 Å². The van der Waals surface area contributed by atoms with Gasteiger partial charge in [0.2, 0.25) is 5.91 Å². The summed E-state index contributed by atoms with van der Waals surface area (Å²) in [5.41, 5.74) is 1.23. The zero-order valence-electron chi connectivity index (χ0n) is 19.3. The number of ether oxygens (including phenoxy) is 3. The Morgan fingerprint density at radius 1 is 1.00 bits per heavy atom. The fourth-order valence-corrected chi connectivity index (χ4v) is 3.26. The van der Waals surface area contributed by atoms with Crippen LogP contribution in [0.25, 0.3) is 0 Å². The second-order valence-electron chi connectivity index (χ2n) is 7.82. The van der Waals surface area contributed by atoms with Gasteiger partial charge in [0.15, 0.2) is 11.5 Å². The predicted molar refractivity (Wildman–Crippen MR) is 121 cm³/mol. The third kappa shape index (κ3) is 12.2. The molecule has 1 aromatic rings. The van der Waals surface area contributed by atoms with Gasteiger partial charge in [0.05, 0.1) is 13.7 Å². The quantitative estimate of drug-likeness (QED) is 0.334. The van der Waals surface area contributed by atoms with Crippen molar-refractivity contribution in [1.82, 2.24) is 5.32 Å². The Labute approximate surface area is 186 Å². The van der Waals surface area contributed by atoms with E-state index in [9.17, 15) is 9.59 Å². The topological polar surface area (TPSA) is 94.1 Å². The van der Waals surface area contributed by atoms with Crippen LogP contribution in [-0.2, 0) is 20.7 Å². The molecule has 0 aliphatic heterocycles. The third-order valence-corrected chi connectivity index (χ3v) is 5.15. The van der Waals surface area contributed by atoms with Crippen molar-refractivity contribution in [3.05, 3.63) is 23.8 Å². The minimum absolute atomic E-state index is 0.0154. The Balaban J connectivity index is 2.22. The molecule has 0 spiro atoms. The summed E-state index contributed by atoms with van der Waals surface area (Å²) < 4.78 is 16.3. The molecule has 1 aromatic carbocycles. The minimum Gasteiger partial charge on any atom is -0.493 e. The summed E-state index contributed by atoms with van der Waals surface area (Å²) in [5.74, 6) is 0.671. The van der Waals surface area contributed by atoms with Crippen LogP contribution in [0.3, 0.4) is 0 Å². The van der Waals surface area contributed by atoms with Gasteiger partial charge in [0.1, 0.15) is 0 Å². The number of hydrogen-bond donors (Lipinski definition) is 2. The second-order valence-corrected chi connectivity index (χ2v) is 7.82. The van der Waals surface area contributed by atoms with Crippen molar-refractivity contribution in [2.45, 2.75) is 64.7 Å². The van der Waals surface area contributed by atoms with Gasteiger partial charge in [0, 0.05) is 39.0 Å². The molecule has 176 valence electrons. The number of hydrogen-bond acceptors (Lipinski definition) is 5. The fraction of sp³-hybridized carbons (Fsp3) is 0.667. The number of carbonyl (C=O) groups is 2. The lowest BCUT2D eigenvalue weighted by Gasteiger charge is -2.13. The van der Waals surface area contributed by atoms with Gasteiger partial charge < -0.3 is 24.6 Å². The largest absolute Gasteiger partial charge is 0.493 e. The maximum absolute atomic E-state index is 12.0. The fourth-order valence-electron chi connectivity index (χ4n) is 3.26. The van der Waals surface area contributed by atoms with E-state index < -0.39 is 5.97 Å². The summed E-state index contributed by atoms with van der Waals surface area (Å²) in [7, 11) is 3.33. The lowest BCUT2D eigenvalue weighted by Crippen LogP contribution is -2.30. The number of unbranched alkanes of at least 4 members (excludes halogenated alkanes) is 3. The molecule has 0 bridgehead atoms. The van der Waals surface area contributed by atoms with Crippen LogP contribution in [0.4, 0.5) is 0 Å². The molecule has 2 N–H and O–H groups in total. The molecule has 7 nitrogen and oxygen atoms in total. The summed E-state index contributed by atoms with van der Waals surface area (Å²) in [6, 6.07) is 6.10. The van der Waals surface area contributed by atoms with Crippen LogP contribution in [0.5, 0.6) is 11.5 Å². The number of carboxylic acid groups (broad SMARTS) is 1. The summed E-state index contributed by atoms with van der Waals surface area (Å²) >= 11 is 0. The molecule has 0 aliphatic carbocycles. The van der Waals surface area contributed by atoms with Crippen LogP contribution in [0, 0.1) is 5.92 Å². The molecule has 0 radical (unpaired) electrons. The van der Waals surface area contributed by atoms with E-state index in [0.717, 1.165) is 56.4 Å². The monoisotopic (exact) mass is 437 g/mol. The normalized spacial score (nSPS) is 11.7. The number of aryl methyl sites for hydroxylation is 1. The lowest BCUT2D eigenvalue weighted by atomic mass is 10.00. The third-order valence-electron chi connectivity index (χ3n) is 5.15. The highest BCUT2D eigenvalue weighted by Gasteiger charge is 2.12. The Kier molecular flexibility index (Phi) is 14.2. The maximum Gasteiger partial charge on any atom is 0.303 e. The molecule has 0 unspecified atom stereocenters. The number of rotatable bonds is 18. The first-order chi connectivity index (χ1) is 15.0. The molecule has 0 saturated heterocycles. The molecule has 31 heavy (non-hydrogen) atoms. The van der Waals surface area contributed by atoms with Crippen molar-refractivity contribution < 1.29 is 28.9 Å². The number of benzene rings is 1. The van der Waals surface area contributed by atoms with E-state index >= 15 is 0 Å². The molecule has 0 heterocycles. The zero-order valence-corrected chi connectivity index (χ0v) is 19.3. The van der Waals surface area contributed by atoms with Crippen molar-refractivity contribution >= 4 is 11.9 Å². The van der Waals surface area contributed by atoms with Crippen molar-refractivity contribution in [3.8, 4) is 11.5 Å². The molecule has 1 amide bonds. The predicted octanol–water partition coefficient (Wildman–Crippen LogP) is 4.22. The Hall–Kier alpha value is -2.28. The van der Waals surface area contributed by atoms with E-state index in [1.165, 1.54) is 5.56 Å². The zero-order chi connectivity index (χ0) is 22.9. The molecule has 1 rings (SSSR count). The van der Waals surface area contributed by atoms with Gasteiger partial charge in [-0.3, -0.25) is 9.59 Å².